The van der Waals surface area contributed by atoms with Gasteiger partial charge in [-0.3, -0.25) is 0 Å². The molecule has 2 rings (SSSR count). The number of ether oxygens (including phenoxy) is 1. The highest BCUT2D eigenvalue weighted by Gasteiger charge is 2.37. The molecule has 0 amide bonds. The van der Waals surface area contributed by atoms with E-state index in [9.17, 15) is 8.78 Å². The molecule has 0 saturated heterocycles. The lowest BCUT2D eigenvalue weighted by molar-refractivity contribution is -0.0602. The second-order valence-corrected chi connectivity index (χ2v) is 4.39. The molecular formula is C11H16F2N4O. The lowest BCUT2D eigenvalue weighted by Gasteiger charge is -2.40. The Labute approximate surface area is 104 Å². The van der Waals surface area contributed by atoms with Crippen LogP contribution in [0, 0.1) is 11.6 Å². The molecule has 0 unspecified atom stereocenters. The molecule has 4 N–H and O–H groups in total. The number of hydrogen-bond donors (Lipinski definition) is 3. The number of anilines is 2. The molecule has 18 heavy (non-hydrogen) atoms. The smallest absolute Gasteiger partial charge is 0.178 e. The Balaban J connectivity index is 2.09. The Bertz CT molecular complexity index is 432. The zero-order valence-electron chi connectivity index (χ0n) is 10.1. The molecule has 1 aliphatic carbocycles. The van der Waals surface area contributed by atoms with E-state index in [0.717, 1.165) is 25.3 Å². The van der Waals surface area contributed by atoms with Gasteiger partial charge in [0.25, 0.3) is 0 Å². The molecule has 0 aromatic carbocycles. The number of nitrogens with zero attached hydrogens (tertiary/aromatic N) is 1. The molecule has 1 aromatic rings. The number of pyridine rings is 1. The van der Waals surface area contributed by atoms with Gasteiger partial charge in [-0.15, -0.1) is 0 Å². The molecule has 0 bridgehead atoms. The summed E-state index contributed by atoms with van der Waals surface area (Å²) in [5.41, 5.74) is 1.81. The summed E-state index contributed by atoms with van der Waals surface area (Å²) in [6, 6.07) is 0.741. The number of aromatic nitrogens is 1. The molecule has 1 fully saturated rings. The lowest BCUT2D eigenvalue weighted by Crippen LogP contribution is -2.45. The third kappa shape index (κ3) is 2.37. The van der Waals surface area contributed by atoms with Crippen molar-refractivity contribution in [2.24, 2.45) is 5.84 Å². The molecule has 0 aliphatic heterocycles. The van der Waals surface area contributed by atoms with Gasteiger partial charge in [0.05, 0.1) is 5.60 Å². The van der Waals surface area contributed by atoms with Crippen LogP contribution >= 0.6 is 0 Å². The minimum Gasteiger partial charge on any atom is -0.376 e. The Morgan fingerprint density at radius 3 is 2.56 bits per heavy atom. The van der Waals surface area contributed by atoms with Crippen molar-refractivity contribution < 1.29 is 13.5 Å². The van der Waals surface area contributed by atoms with E-state index in [0.29, 0.717) is 6.54 Å². The van der Waals surface area contributed by atoms with E-state index in [1.54, 1.807) is 7.11 Å². The fraction of sp³-hybridized carbons (Fsp3) is 0.545. The van der Waals surface area contributed by atoms with Gasteiger partial charge >= 0.3 is 0 Å². The SMILES string of the molecule is COC1(CNc2nc(NN)c(F)cc2F)CCC1. The minimum absolute atomic E-state index is 0.0346. The van der Waals surface area contributed by atoms with Gasteiger partial charge in [-0.2, -0.15) is 0 Å². The summed E-state index contributed by atoms with van der Waals surface area (Å²) >= 11 is 0. The van der Waals surface area contributed by atoms with Crippen molar-refractivity contribution in [3.63, 3.8) is 0 Å². The summed E-state index contributed by atoms with van der Waals surface area (Å²) in [7, 11) is 1.63. The average Bonchev–Trinajstić information content (AvgIpc) is 2.30. The van der Waals surface area contributed by atoms with Crippen molar-refractivity contribution in [2.75, 3.05) is 24.4 Å². The van der Waals surface area contributed by atoms with Gasteiger partial charge in [-0.1, -0.05) is 0 Å². The van der Waals surface area contributed by atoms with Crippen molar-refractivity contribution in [3.8, 4) is 0 Å². The van der Waals surface area contributed by atoms with E-state index < -0.39 is 11.6 Å². The zero-order chi connectivity index (χ0) is 13.2. The normalized spacial score (nSPS) is 17.1. The Morgan fingerprint density at radius 2 is 2.06 bits per heavy atom. The summed E-state index contributed by atoms with van der Waals surface area (Å²) in [4.78, 5) is 3.73. The summed E-state index contributed by atoms with van der Waals surface area (Å²) in [5.74, 6) is 3.28. The van der Waals surface area contributed by atoms with Crippen molar-refractivity contribution in [1.29, 1.82) is 0 Å². The molecule has 0 spiro atoms. The van der Waals surface area contributed by atoms with Crippen LogP contribution in [0.25, 0.3) is 0 Å². The standard InChI is InChI=1S/C11H16F2N4O/c1-18-11(3-2-4-11)6-15-9-7(12)5-8(13)10(16-9)17-14/h5H,2-4,6,14H2,1H3,(H2,15,16,17). The van der Waals surface area contributed by atoms with Crippen LogP contribution < -0.4 is 16.6 Å². The van der Waals surface area contributed by atoms with Gasteiger partial charge in [-0.25, -0.2) is 19.6 Å². The van der Waals surface area contributed by atoms with Crippen LogP contribution in [0.2, 0.25) is 0 Å². The molecule has 5 nitrogen and oxygen atoms in total. The Kier molecular flexibility index (Phi) is 3.63. The fourth-order valence-corrected chi connectivity index (χ4v) is 1.96. The topological polar surface area (TPSA) is 72.2 Å². The van der Waals surface area contributed by atoms with E-state index in [4.69, 9.17) is 10.6 Å². The zero-order valence-corrected chi connectivity index (χ0v) is 10.1. The maximum atomic E-state index is 13.5. The second-order valence-electron chi connectivity index (χ2n) is 4.39. The minimum atomic E-state index is -0.828. The van der Waals surface area contributed by atoms with Crippen molar-refractivity contribution in [1.82, 2.24) is 4.98 Å². The summed E-state index contributed by atoms with van der Waals surface area (Å²) in [5, 5.41) is 2.84. The summed E-state index contributed by atoms with van der Waals surface area (Å²) in [6.45, 7) is 0.434. The number of nitrogens with two attached hydrogens (primary N) is 1. The highest BCUT2D eigenvalue weighted by molar-refractivity contribution is 5.47. The van der Waals surface area contributed by atoms with E-state index >= 15 is 0 Å². The van der Waals surface area contributed by atoms with Crippen molar-refractivity contribution >= 4 is 11.6 Å². The highest BCUT2D eigenvalue weighted by Crippen LogP contribution is 2.35. The van der Waals surface area contributed by atoms with Gasteiger partial charge in [-0.05, 0) is 19.3 Å². The number of methoxy groups -OCH3 is 1. The first-order valence-corrected chi connectivity index (χ1v) is 5.72. The average molecular weight is 258 g/mol. The van der Waals surface area contributed by atoms with Crippen LogP contribution in [0.3, 0.4) is 0 Å². The predicted octanol–water partition coefficient (Wildman–Crippen LogP) is 1.63. The molecule has 100 valence electrons. The molecule has 1 saturated carbocycles. The van der Waals surface area contributed by atoms with Crippen molar-refractivity contribution in [3.05, 3.63) is 17.7 Å². The van der Waals surface area contributed by atoms with Crippen LogP contribution in [0.15, 0.2) is 6.07 Å². The number of nitrogen functional groups attached to an aromatic ring is 1. The number of hydrogen-bond acceptors (Lipinski definition) is 5. The molecule has 1 aromatic heterocycles. The maximum absolute atomic E-state index is 13.5. The van der Waals surface area contributed by atoms with Crippen LogP contribution in [-0.2, 0) is 4.74 Å². The second kappa shape index (κ2) is 5.03. The largest absolute Gasteiger partial charge is 0.376 e. The molecule has 7 heteroatoms. The van der Waals surface area contributed by atoms with E-state index in [2.05, 4.69) is 15.7 Å². The van der Waals surface area contributed by atoms with Gasteiger partial charge in [0.2, 0.25) is 0 Å². The van der Waals surface area contributed by atoms with Crippen LogP contribution in [0.5, 0.6) is 0 Å². The third-order valence-corrected chi connectivity index (χ3v) is 3.34. The number of halogens is 2. The van der Waals surface area contributed by atoms with E-state index in [1.807, 2.05) is 0 Å². The number of nitrogens with one attached hydrogen (secondary N) is 2. The highest BCUT2D eigenvalue weighted by atomic mass is 19.1. The van der Waals surface area contributed by atoms with Gasteiger partial charge in [0.15, 0.2) is 23.3 Å². The monoisotopic (exact) mass is 258 g/mol. The van der Waals surface area contributed by atoms with Crippen LogP contribution in [-0.4, -0.2) is 24.2 Å². The van der Waals surface area contributed by atoms with E-state index in [-0.39, 0.29) is 17.2 Å². The van der Waals surface area contributed by atoms with Gasteiger partial charge in [0.1, 0.15) is 0 Å². The van der Waals surface area contributed by atoms with Gasteiger partial charge in [0, 0.05) is 19.7 Å². The quantitative estimate of drug-likeness (QED) is 0.553. The Hall–Kier alpha value is -1.47. The molecular weight excluding hydrogens is 242 g/mol. The van der Waals surface area contributed by atoms with Gasteiger partial charge < -0.3 is 15.5 Å². The molecule has 0 atom stereocenters. The molecule has 0 radical (unpaired) electrons. The summed E-state index contributed by atoms with van der Waals surface area (Å²) in [6.07, 6.45) is 2.92. The number of hydrazine groups is 1. The lowest BCUT2D eigenvalue weighted by atomic mass is 9.80. The maximum Gasteiger partial charge on any atom is 0.178 e. The number of rotatable bonds is 5. The first kappa shape index (κ1) is 13.0. The predicted molar refractivity (Wildman–Crippen MR) is 64.0 cm³/mol. The summed E-state index contributed by atoms with van der Waals surface area (Å²) < 4.78 is 32.0. The van der Waals surface area contributed by atoms with Crippen LogP contribution in [0.4, 0.5) is 20.4 Å². The first-order chi connectivity index (χ1) is 8.60. The molecule has 1 heterocycles. The molecule has 1 aliphatic rings. The van der Waals surface area contributed by atoms with E-state index in [1.165, 1.54) is 0 Å². The first-order valence-electron chi connectivity index (χ1n) is 5.72. The van der Waals surface area contributed by atoms with Crippen molar-refractivity contribution in [2.45, 2.75) is 24.9 Å². The Morgan fingerprint density at radius 1 is 1.39 bits per heavy atom. The fourth-order valence-electron chi connectivity index (χ4n) is 1.96. The third-order valence-electron chi connectivity index (χ3n) is 3.34. The van der Waals surface area contributed by atoms with Crippen LogP contribution in [0.1, 0.15) is 19.3 Å².